The van der Waals surface area contributed by atoms with Crippen LogP contribution in [-0.4, -0.2) is 32.2 Å². The number of aliphatic carboxylic acids is 1. The SMILES string of the molecule is CCC(C(=O)O)N1C(=O)/C(=C\c2ccc(F)cc2)SC1=S. The molecule has 1 N–H and O–H groups in total. The number of carboxylic acids is 1. The van der Waals surface area contributed by atoms with Crippen molar-refractivity contribution in [3.05, 3.63) is 40.6 Å². The van der Waals surface area contributed by atoms with Gasteiger partial charge in [-0.05, 0) is 30.2 Å². The van der Waals surface area contributed by atoms with E-state index in [2.05, 4.69) is 0 Å². The Bertz CT molecular complexity index is 628. The van der Waals surface area contributed by atoms with Gasteiger partial charge in [0.1, 0.15) is 16.2 Å². The van der Waals surface area contributed by atoms with Crippen molar-refractivity contribution >= 4 is 46.3 Å². The molecular weight excluding hydrogens is 313 g/mol. The highest BCUT2D eigenvalue weighted by molar-refractivity contribution is 8.26. The van der Waals surface area contributed by atoms with E-state index in [4.69, 9.17) is 17.3 Å². The second-order valence-electron chi connectivity index (χ2n) is 4.37. The molecule has 1 aliphatic rings. The molecule has 1 amide bonds. The van der Waals surface area contributed by atoms with Crippen molar-refractivity contribution in [1.29, 1.82) is 0 Å². The summed E-state index contributed by atoms with van der Waals surface area (Å²) in [6, 6.07) is 4.70. The average Bonchev–Trinajstić information content (AvgIpc) is 2.70. The van der Waals surface area contributed by atoms with Gasteiger partial charge in [0, 0.05) is 0 Å². The van der Waals surface area contributed by atoms with Crippen molar-refractivity contribution in [2.24, 2.45) is 0 Å². The van der Waals surface area contributed by atoms with Crippen LogP contribution in [0.1, 0.15) is 18.9 Å². The highest BCUT2D eigenvalue weighted by Crippen LogP contribution is 2.34. The second-order valence-corrected chi connectivity index (χ2v) is 6.04. The molecule has 0 aliphatic carbocycles. The standard InChI is InChI=1S/C14H12FNO3S2/c1-2-10(13(18)19)16-12(17)11(21-14(16)20)7-8-3-5-9(15)6-4-8/h3-7,10H,2H2,1H3,(H,18,19)/b11-7+. The summed E-state index contributed by atoms with van der Waals surface area (Å²) < 4.78 is 13.1. The molecule has 4 nitrogen and oxygen atoms in total. The number of halogens is 1. The summed E-state index contributed by atoms with van der Waals surface area (Å²) in [4.78, 5) is 25.0. The predicted octanol–water partition coefficient (Wildman–Crippen LogP) is 2.89. The molecular formula is C14H12FNO3S2. The first-order valence-electron chi connectivity index (χ1n) is 6.19. The van der Waals surface area contributed by atoms with Crippen LogP contribution in [0.4, 0.5) is 4.39 Å². The monoisotopic (exact) mass is 325 g/mol. The number of hydrogen-bond donors (Lipinski definition) is 1. The van der Waals surface area contributed by atoms with Gasteiger partial charge in [-0.1, -0.05) is 43.0 Å². The van der Waals surface area contributed by atoms with E-state index < -0.39 is 17.9 Å². The molecule has 2 rings (SSSR count). The maximum absolute atomic E-state index is 12.9. The largest absolute Gasteiger partial charge is 0.480 e. The molecule has 1 unspecified atom stereocenters. The summed E-state index contributed by atoms with van der Waals surface area (Å²) in [6.45, 7) is 1.68. The third kappa shape index (κ3) is 3.30. The minimum absolute atomic E-state index is 0.225. The molecule has 1 atom stereocenters. The summed E-state index contributed by atoms with van der Waals surface area (Å²) in [6.07, 6.45) is 1.85. The van der Waals surface area contributed by atoms with Crippen LogP contribution in [0.2, 0.25) is 0 Å². The smallest absolute Gasteiger partial charge is 0.326 e. The van der Waals surface area contributed by atoms with Crippen LogP contribution in [0, 0.1) is 5.82 Å². The first kappa shape index (κ1) is 15.7. The lowest BCUT2D eigenvalue weighted by molar-refractivity contribution is -0.145. The normalized spacial score (nSPS) is 18.4. The Kier molecular flexibility index (Phi) is 4.74. The summed E-state index contributed by atoms with van der Waals surface area (Å²) in [5.74, 6) is -1.88. The Morgan fingerprint density at radius 3 is 2.62 bits per heavy atom. The van der Waals surface area contributed by atoms with Crippen LogP contribution in [0.15, 0.2) is 29.2 Å². The fourth-order valence-electron chi connectivity index (χ4n) is 1.93. The topological polar surface area (TPSA) is 57.6 Å². The van der Waals surface area contributed by atoms with Crippen molar-refractivity contribution in [3.8, 4) is 0 Å². The van der Waals surface area contributed by atoms with E-state index >= 15 is 0 Å². The summed E-state index contributed by atoms with van der Waals surface area (Å²) in [5, 5.41) is 9.15. The van der Waals surface area contributed by atoms with Gasteiger partial charge in [0.2, 0.25) is 0 Å². The third-order valence-corrected chi connectivity index (χ3v) is 4.31. The van der Waals surface area contributed by atoms with Crippen LogP contribution in [-0.2, 0) is 9.59 Å². The fourth-order valence-corrected chi connectivity index (χ4v) is 3.28. The fraction of sp³-hybridized carbons (Fsp3) is 0.214. The number of carbonyl (C=O) groups is 2. The zero-order chi connectivity index (χ0) is 15.6. The number of amides is 1. The van der Waals surface area contributed by atoms with E-state index in [9.17, 15) is 14.0 Å². The number of benzene rings is 1. The number of hydrogen-bond acceptors (Lipinski definition) is 4. The summed E-state index contributed by atoms with van der Waals surface area (Å²) in [7, 11) is 0. The zero-order valence-electron chi connectivity index (χ0n) is 11.1. The van der Waals surface area contributed by atoms with Crippen molar-refractivity contribution in [3.63, 3.8) is 0 Å². The maximum Gasteiger partial charge on any atom is 0.326 e. The Balaban J connectivity index is 2.29. The van der Waals surface area contributed by atoms with Gasteiger partial charge < -0.3 is 5.11 Å². The molecule has 21 heavy (non-hydrogen) atoms. The van der Waals surface area contributed by atoms with Crippen molar-refractivity contribution in [2.45, 2.75) is 19.4 Å². The lowest BCUT2D eigenvalue weighted by atomic mass is 10.2. The number of nitrogens with zero attached hydrogens (tertiary/aromatic N) is 1. The quantitative estimate of drug-likeness (QED) is 0.681. The average molecular weight is 325 g/mol. The lowest BCUT2D eigenvalue weighted by Crippen LogP contribution is -2.43. The second kappa shape index (κ2) is 6.36. The van der Waals surface area contributed by atoms with Gasteiger partial charge in [-0.15, -0.1) is 0 Å². The van der Waals surface area contributed by atoms with Crippen LogP contribution in [0.3, 0.4) is 0 Å². The zero-order valence-corrected chi connectivity index (χ0v) is 12.7. The highest BCUT2D eigenvalue weighted by Gasteiger charge is 2.39. The minimum atomic E-state index is -1.09. The third-order valence-electron chi connectivity index (χ3n) is 2.97. The van der Waals surface area contributed by atoms with Gasteiger partial charge in [-0.3, -0.25) is 9.69 Å². The van der Waals surface area contributed by atoms with Gasteiger partial charge in [0.15, 0.2) is 0 Å². The van der Waals surface area contributed by atoms with Crippen LogP contribution in [0.25, 0.3) is 6.08 Å². The number of thioether (sulfide) groups is 1. The van der Waals surface area contributed by atoms with Crippen LogP contribution >= 0.6 is 24.0 Å². The van der Waals surface area contributed by atoms with E-state index in [1.165, 1.54) is 24.3 Å². The van der Waals surface area contributed by atoms with E-state index in [1.54, 1.807) is 13.0 Å². The van der Waals surface area contributed by atoms with E-state index in [0.717, 1.165) is 16.7 Å². The van der Waals surface area contributed by atoms with Gasteiger partial charge in [0.05, 0.1) is 4.91 Å². The van der Waals surface area contributed by atoms with Gasteiger partial charge in [-0.2, -0.15) is 0 Å². The number of rotatable bonds is 4. The summed E-state index contributed by atoms with van der Waals surface area (Å²) in [5.41, 5.74) is 0.653. The van der Waals surface area contributed by atoms with Crippen LogP contribution < -0.4 is 0 Å². The first-order valence-corrected chi connectivity index (χ1v) is 7.42. The summed E-state index contributed by atoms with van der Waals surface area (Å²) >= 11 is 6.15. The van der Waals surface area contributed by atoms with Gasteiger partial charge in [0.25, 0.3) is 5.91 Å². The Morgan fingerprint density at radius 2 is 2.10 bits per heavy atom. The molecule has 1 aromatic rings. The maximum atomic E-state index is 12.9. The van der Waals surface area contributed by atoms with Crippen molar-refractivity contribution < 1.29 is 19.1 Å². The molecule has 1 aliphatic heterocycles. The van der Waals surface area contributed by atoms with E-state index in [-0.39, 0.29) is 16.6 Å². The Hall–Kier alpha value is -1.73. The molecule has 1 fully saturated rings. The molecule has 0 aromatic heterocycles. The molecule has 1 heterocycles. The van der Waals surface area contributed by atoms with Crippen LogP contribution in [0.5, 0.6) is 0 Å². The minimum Gasteiger partial charge on any atom is -0.480 e. The molecule has 0 spiro atoms. The Morgan fingerprint density at radius 1 is 1.48 bits per heavy atom. The number of carbonyl (C=O) groups excluding carboxylic acids is 1. The van der Waals surface area contributed by atoms with Crippen molar-refractivity contribution in [2.75, 3.05) is 0 Å². The van der Waals surface area contributed by atoms with Gasteiger partial charge >= 0.3 is 5.97 Å². The first-order chi connectivity index (χ1) is 9.93. The Labute approximate surface area is 130 Å². The molecule has 7 heteroatoms. The number of thiocarbonyl (C=S) groups is 1. The van der Waals surface area contributed by atoms with Crippen molar-refractivity contribution in [1.82, 2.24) is 4.90 Å². The molecule has 0 saturated carbocycles. The molecule has 0 radical (unpaired) electrons. The molecule has 1 saturated heterocycles. The number of carboxylic acid groups (broad SMARTS) is 1. The molecule has 1 aromatic carbocycles. The van der Waals surface area contributed by atoms with E-state index in [0.29, 0.717) is 10.5 Å². The molecule has 110 valence electrons. The van der Waals surface area contributed by atoms with Gasteiger partial charge in [-0.25, -0.2) is 9.18 Å². The lowest BCUT2D eigenvalue weighted by Gasteiger charge is -2.21. The highest BCUT2D eigenvalue weighted by atomic mass is 32.2. The molecule has 0 bridgehead atoms. The predicted molar refractivity (Wildman–Crippen MR) is 83.1 cm³/mol. The van der Waals surface area contributed by atoms with E-state index in [1.807, 2.05) is 0 Å².